The van der Waals surface area contributed by atoms with Crippen molar-refractivity contribution in [3.63, 3.8) is 0 Å². The number of fused-ring (bicyclic) bond motifs is 2. The molecule has 1 unspecified atom stereocenters. The van der Waals surface area contributed by atoms with Crippen LogP contribution in [0.1, 0.15) is 45.6 Å². The molecule has 0 amide bonds. The van der Waals surface area contributed by atoms with E-state index in [0.29, 0.717) is 23.2 Å². The zero-order valence-corrected chi connectivity index (χ0v) is 18.9. The number of halogens is 1. The average molecular weight is 438 g/mol. The lowest BCUT2D eigenvalue weighted by Crippen LogP contribution is -2.45. The second-order valence-corrected chi connectivity index (χ2v) is 9.89. The summed E-state index contributed by atoms with van der Waals surface area (Å²) in [5.41, 5.74) is 9.20. The molecule has 0 saturated carbocycles. The van der Waals surface area contributed by atoms with Crippen molar-refractivity contribution in [1.29, 1.82) is 0 Å². The van der Waals surface area contributed by atoms with Crippen LogP contribution in [0, 0.1) is 5.92 Å². The minimum absolute atomic E-state index is 0.0129. The molecule has 2 N–H and O–H groups in total. The van der Waals surface area contributed by atoms with Crippen molar-refractivity contribution in [2.45, 2.75) is 57.4 Å². The lowest BCUT2D eigenvalue weighted by atomic mass is 9.78. The molecule has 5 rings (SSSR count). The normalized spacial score (nSPS) is 29.2. The van der Waals surface area contributed by atoms with Gasteiger partial charge in [-0.05, 0) is 69.0 Å². The van der Waals surface area contributed by atoms with Gasteiger partial charge in [-0.1, -0.05) is 29.8 Å². The second-order valence-electron chi connectivity index (χ2n) is 9.45. The fraction of sp³-hybridized carbons (Fsp3) is 0.440. The van der Waals surface area contributed by atoms with Crippen molar-refractivity contribution in [2.24, 2.45) is 21.6 Å². The molecule has 2 aromatic rings. The van der Waals surface area contributed by atoms with Crippen molar-refractivity contribution in [3.05, 3.63) is 53.1 Å². The lowest BCUT2D eigenvalue weighted by molar-refractivity contribution is -0.0966. The van der Waals surface area contributed by atoms with Gasteiger partial charge in [0.2, 0.25) is 0 Å². The molecule has 3 heterocycles. The SMILES string of the molecule is CC1=N[C@]2(CC([C@@H]3CCOC(C)(C)C3)Oc3ccc(-c4cccc(Cl)c4)cc32)N=C1N. The Balaban J connectivity index is 1.58. The number of hydrogen-bond donors (Lipinski definition) is 1. The van der Waals surface area contributed by atoms with Gasteiger partial charge in [-0.25, -0.2) is 4.99 Å². The topological polar surface area (TPSA) is 69.2 Å². The second kappa shape index (κ2) is 7.35. The van der Waals surface area contributed by atoms with Crippen LogP contribution >= 0.6 is 11.6 Å². The minimum Gasteiger partial charge on any atom is -0.489 e. The molecular weight excluding hydrogens is 410 g/mol. The van der Waals surface area contributed by atoms with Crippen molar-refractivity contribution >= 4 is 23.1 Å². The number of nitrogens with two attached hydrogens (primary N) is 1. The third kappa shape index (κ3) is 3.74. The minimum atomic E-state index is -0.733. The van der Waals surface area contributed by atoms with Crippen LogP contribution in [0.15, 0.2) is 52.4 Å². The molecule has 6 heteroatoms. The fourth-order valence-electron chi connectivity index (χ4n) is 5.10. The van der Waals surface area contributed by atoms with Gasteiger partial charge in [0, 0.05) is 29.5 Å². The van der Waals surface area contributed by atoms with Crippen LogP contribution in [0.25, 0.3) is 11.1 Å². The first-order chi connectivity index (χ1) is 14.7. The van der Waals surface area contributed by atoms with Crippen LogP contribution in [0.5, 0.6) is 5.75 Å². The van der Waals surface area contributed by atoms with Crippen LogP contribution in [-0.4, -0.2) is 29.9 Å². The van der Waals surface area contributed by atoms with E-state index < -0.39 is 5.66 Å². The summed E-state index contributed by atoms with van der Waals surface area (Å²) in [6, 6.07) is 14.1. The van der Waals surface area contributed by atoms with Crippen LogP contribution in [0.2, 0.25) is 5.02 Å². The quantitative estimate of drug-likeness (QED) is 0.688. The van der Waals surface area contributed by atoms with Crippen molar-refractivity contribution in [3.8, 4) is 16.9 Å². The molecule has 1 saturated heterocycles. The summed E-state index contributed by atoms with van der Waals surface area (Å²) in [5, 5.41) is 0.709. The molecule has 0 bridgehead atoms. The third-order valence-corrected chi connectivity index (χ3v) is 6.86. The summed E-state index contributed by atoms with van der Waals surface area (Å²) in [6.45, 7) is 6.98. The molecule has 1 fully saturated rings. The number of rotatable bonds is 2. The van der Waals surface area contributed by atoms with E-state index in [-0.39, 0.29) is 11.7 Å². The van der Waals surface area contributed by atoms with Crippen LogP contribution in [0.4, 0.5) is 0 Å². The van der Waals surface area contributed by atoms with Crippen LogP contribution in [-0.2, 0) is 10.4 Å². The Bertz CT molecular complexity index is 1070. The van der Waals surface area contributed by atoms with E-state index in [0.717, 1.165) is 47.6 Å². The van der Waals surface area contributed by atoms with E-state index in [9.17, 15) is 0 Å². The molecule has 3 aliphatic heterocycles. The summed E-state index contributed by atoms with van der Waals surface area (Å²) in [7, 11) is 0. The maximum absolute atomic E-state index is 6.58. The number of benzene rings is 2. The molecule has 0 radical (unpaired) electrons. The molecule has 31 heavy (non-hydrogen) atoms. The van der Waals surface area contributed by atoms with Gasteiger partial charge in [-0.2, -0.15) is 0 Å². The fourth-order valence-corrected chi connectivity index (χ4v) is 5.29. The van der Waals surface area contributed by atoms with E-state index in [4.69, 9.17) is 36.8 Å². The Morgan fingerprint density at radius 2 is 1.87 bits per heavy atom. The number of nitrogens with zero attached hydrogens (tertiary/aromatic N) is 2. The predicted octanol–water partition coefficient (Wildman–Crippen LogP) is 5.35. The monoisotopic (exact) mass is 437 g/mol. The summed E-state index contributed by atoms with van der Waals surface area (Å²) in [4.78, 5) is 9.88. The molecule has 0 aliphatic carbocycles. The van der Waals surface area contributed by atoms with E-state index >= 15 is 0 Å². The van der Waals surface area contributed by atoms with Crippen molar-refractivity contribution in [2.75, 3.05) is 6.61 Å². The molecule has 0 aromatic heterocycles. The van der Waals surface area contributed by atoms with Gasteiger partial charge < -0.3 is 15.2 Å². The Morgan fingerprint density at radius 3 is 2.58 bits per heavy atom. The van der Waals surface area contributed by atoms with Gasteiger partial charge in [0.1, 0.15) is 17.7 Å². The van der Waals surface area contributed by atoms with Gasteiger partial charge in [0.05, 0.1) is 11.3 Å². The van der Waals surface area contributed by atoms with E-state index in [1.54, 1.807) is 0 Å². The standard InChI is InChI=1S/C25H28ClN3O2/c1-15-23(27)29-25(28-15)14-22(18-9-10-30-24(2,3)13-18)31-21-8-7-17(12-20(21)25)16-5-4-6-19(26)11-16/h4-8,11-12,18,22H,9-10,13-14H2,1-3H3,(H2,27,29)/t18-,22?,25-/m1/s1. The molecule has 162 valence electrons. The highest BCUT2D eigenvalue weighted by Crippen LogP contribution is 2.49. The van der Waals surface area contributed by atoms with E-state index in [1.165, 1.54) is 0 Å². The van der Waals surface area contributed by atoms with Crippen molar-refractivity contribution < 1.29 is 9.47 Å². The lowest BCUT2D eigenvalue weighted by Gasteiger charge is -2.43. The van der Waals surface area contributed by atoms with Gasteiger partial charge in [0.25, 0.3) is 0 Å². The highest BCUT2D eigenvalue weighted by Gasteiger charge is 2.48. The number of amidine groups is 1. The first-order valence-electron chi connectivity index (χ1n) is 10.9. The van der Waals surface area contributed by atoms with Gasteiger partial charge in [0.15, 0.2) is 5.66 Å². The van der Waals surface area contributed by atoms with Crippen molar-refractivity contribution in [1.82, 2.24) is 0 Å². The predicted molar refractivity (Wildman–Crippen MR) is 125 cm³/mol. The molecule has 5 nitrogen and oxygen atoms in total. The maximum Gasteiger partial charge on any atom is 0.185 e. The van der Waals surface area contributed by atoms with Gasteiger partial charge >= 0.3 is 0 Å². The highest BCUT2D eigenvalue weighted by atomic mass is 35.5. The first-order valence-corrected chi connectivity index (χ1v) is 11.3. The van der Waals surface area contributed by atoms with E-state index in [1.807, 2.05) is 31.2 Å². The Hall–Kier alpha value is -2.37. The number of ether oxygens (including phenoxy) is 2. The highest BCUT2D eigenvalue weighted by molar-refractivity contribution is 6.41. The summed E-state index contributed by atoms with van der Waals surface area (Å²) < 4.78 is 12.5. The third-order valence-electron chi connectivity index (χ3n) is 6.62. The molecule has 3 atom stereocenters. The Labute approximate surface area is 188 Å². The summed E-state index contributed by atoms with van der Waals surface area (Å²) in [5.74, 6) is 1.72. The zero-order valence-electron chi connectivity index (χ0n) is 18.2. The van der Waals surface area contributed by atoms with Gasteiger partial charge in [-0.15, -0.1) is 0 Å². The molecule has 3 aliphatic rings. The number of aliphatic imine (C=N–C) groups is 2. The Kier molecular flexibility index (Phi) is 4.87. The van der Waals surface area contributed by atoms with Crippen LogP contribution < -0.4 is 10.5 Å². The van der Waals surface area contributed by atoms with Crippen LogP contribution in [0.3, 0.4) is 0 Å². The Morgan fingerprint density at radius 1 is 1.06 bits per heavy atom. The largest absolute Gasteiger partial charge is 0.489 e. The summed E-state index contributed by atoms with van der Waals surface area (Å²) in [6.07, 6.45) is 2.62. The van der Waals surface area contributed by atoms with Gasteiger partial charge in [-0.3, -0.25) is 4.99 Å². The molecular formula is C25H28ClN3O2. The average Bonchev–Trinajstić information content (AvgIpc) is 3.00. The first kappa shape index (κ1) is 20.5. The summed E-state index contributed by atoms with van der Waals surface area (Å²) >= 11 is 6.23. The van der Waals surface area contributed by atoms with E-state index in [2.05, 4.69) is 32.0 Å². The smallest absolute Gasteiger partial charge is 0.185 e. The maximum atomic E-state index is 6.58. The zero-order chi connectivity index (χ0) is 21.8. The number of hydrogen-bond acceptors (Lipinski definition) is 5. The molecule has 1 spiro atoms. The molecule has 2 aromatic carbocycles.